The Labute approximate surface area is 163 Å². The monoisotopic (exact) mass is 399 g/mol. The lowest BCUT2D eigenvalue weighted by atomic mass is 9.97. The van der Waals surface area contributed by atoms with E-state index in [9.17, 15) is 29.1 Å². The lowest BCUT2D eigenvalue weighted by Gasteiger charge is -2.30. The Bertz CT molecular complexity index is 625. The number of amides is 4. The summed E-state index contributed by atoms with van der Waals surface area (Å²) in [4.78, 5) is 60.2. The number of carbonyl (C=O) groups excluding carboxylic acids is 4. The number of carbonyl (C=O) groups is 5. The van der Waals surface area contributed by atoms with Gasteiger partial charge >= 0.3 is 5.97 Å². The molecule has 0 aliphatic carbocycles. The number of hydrogen-bond acceptors (Lipinski definition) is 6. The van der Waals surface area contributed by atoms with Gasteiger partial charge in [-0.25, -0.2) is 4.79 Å². The molecule has 1 saturated heterocycles. The first-order valence-electron chi connectivity index (χ1n) is 9.22. The van der Waals surface area contributed by atoms with Crippen molar-refractivity contribution in [3.63, 3.8) is 0 Å². The molecule has 0 radical (unpaired) electrons. The third-order valence-electron chi connectivity index (χ3n) is 4.80. The maximum absolute atomic E-state index is 12.9. The molecule has 0 bridgehead atoms. The summed E-state index contributed by atoms with van der Waals surface area (Å²) in [6, 6.07) is -2.98. The minimum Gasteiger partial charge on any atom is -0.480 e. The molecule has 158 valence electrons. The molecule has 28 heavy (non-hydrogen) atoms. The molecule has 4 amide bonds. The maximum Gasteiger partial charge on any atom is 0.326 e. The van der Waals surface area contributed by atoms with Gasteiger partial charge in [0.25, 0.3) is 0 Å². The summed E-state index contributed by atoms with van der Waals surface area (Å²) in [6.07, 6.45) is 1.18. The van der Waals surface area contributed by atoms with Gasteiger partial charge in [-0.05, 0) is 18.8 Å². The molecule has 11 heteroatoms. The van der Waals surface area contributed by atoms with Gasteiger partial charge in [0, 0.05) is 6.54 Å². The molecule has 11 nitrogen and oxygen atoms in total. The second kappa shape index (κ2) is 10.6. The first-order chi connectivity index (χ1) is 13.1. The molecule has 4 unspecified atom stereocenters. The van der Waals surface area contributed by atoms with Crippen LogP contribution in [0.4, 0.5) is 0 Å². The van der Waals surface area contributed by atoms with E-state index in [1.807, 2.05) is 6.92 Å². The van der Waals surface area contributed by atoms with Crippen LogP contribution in [0.15, 0.2) is 0 Å². The summed E-state index contributed by atoms with van der Waals surface area (Å²) in [5.41, 5.74) is 10.5. The van der Waals surface area contributed by atoms with Crippen LogP contribution in [0.2, 0.25) is 0 Å². The van der Waals surface area contributed by atoms with E-state index in [0.717, 1.165) is 0 Å². The molecular formula is C17H29N5O6. The summed E-state index contributed by atoms with van der Waals surface area (Å²) < 4.78 is 0. The first-order valence-corrected chi connectivity index (χ1v) is 9.22. The molecule has 1 aliphatic rings. The fourth-order valence-corrected chi connectivity index (χ4v) is 2.98. The van der Waals surface area contributed by atoms with Crippen molar-refractivity contribution in [2.45, 2.75) is 57.7 Å². The van der Waals surface area contributed by atoms with Crippen LogP contribution >= 0.6 is 0 Å². The standard InChI is InChI=1S/C17H29N5O6/c1-3-9(2)14(16(26)22-6-4-5-11(22)17(27)28)21-13(24)8-20-15(25)10(18)7-12(19)23/h9-11,14H,3-8,18H2,1-2H3,(H2,19,23)(H,20,25)(H,21,24)(H,27,28). The Hall–Kier alpha value is -2.69. The molecule has 0 aromatic carbocycles. The molecular weight excluding hydrogens is 370 g/mol. The number of nitrogens with two attached hydrogens (primary N) is 2. The number of carboxylic acid groups (broad SMARTS) is 1. The van der Waals surface area contributed by atoms with Crippen molar-refractivity contribution in [3.05, 3.63) is 0 Å². The molecule has 0 saturated carbocycles. The van der Waals surface area contributed by atoms with Gasteiger partial charge in [0.1, 0.15) is 12.1 Å². The molecule has 0 spiro atoms. The summed E-state index contributed by atoms with van der Waals surface area (Å²) in [5, 5.41) is 14.1. The molecule has 1 fully saturated rings. The van der Waals surface area contributed by atoms with E-state index in [1.54, 1.807) is 6.92 Å². The van der Waals surface area contributed by atoms with Crippen molar-refractivity contribution in [2.24, 2.45) is 17.4 Å². The zero-order valence-corrected chi connectivity index (χ0v) is 16.1. The average molecular weight is 399 g/mol. The highest BCUT2D eigenvalue weighted by Gasteiger charge is 2.39. The minimum atomic E-state index is -1.17. The van der Waals surface area contributed by atoms with Crippen molar-refractivity contribution in [2.75, 3.05) is 13.1 Å². The zero-order chi connectivity index (χ0) is 21.4. The van der Waals surface area contributed by atoms with Gasteiger partial charge < -0.3 is 32.1 Å². The molecule has 1 aliphatic heterocycles. The molecule has 4 atom stereocenters. The van der Waals surface area contributed by atoms with Crippen molar-refractivity contribution < 1.29 is 29.1 Å². The Balaban J connectivity index is 2.72. The van der Waals surface area contributed by atoms with Crippen LogP contribution in [0.5, 0.6) is 0 Å². The Morgan fingerprint density at radius 1 is 1.25 bits per heavy atom. The van der Waals surface area contributed by atoms with Crippen LogP contribution in [0.25, 0.3) is 0 Å². The summed E-state index contributed by atoms with van der Waals surface area (Å²) in [5.74, 6) is -3.84. The predicted molar refractivity (Wildman–Crippen MR) is 98.6 cm³/mol. The van der Waals surface area contributed by atoms with E-state index in [0.29, 0.717) is 25.8 Å². The van der Waals surface area contributed by atoms with Crippen molar-refractivity contribution in [1.29, 1.82) is 0 Å². The van der Waals surface area contributed by atoms with Gasteiger partial charge in [0.15, 0.2) is 0 Å². The van der Waals surface area contributed by atoms with Gasteiger partial charge in [0.2, 0.25) is 23.6 Å². The third-order valence-corrected chi connectivity index (χ3v) is 4.80. The van der Waals surface area contributed by atoms with Crippen molar-refractivity contribution in [3.8, 4) is 0 Å². The summed E-state index contributed by atoms with van der Waals surface area (Å²) in [7, 11) is 0. The Kier molecular flexibility index (Phi) is 8.83. The highest BCUT2D eigenvalue weighted by Crippen LogP contribution is 2.21. The van der Waals surface area contributed by atoms with E-state index in [-0.39, 0.29) is 12.3 Å². The Morgan fingerprint density at radius 3 is 2.43 bits per heavy atom. The maximum atomic E-state index is 12.9. The summed E-state index contributed by atoms with van der Waals surface area (Å²) in [6.45, 7) is 3.50. The fraction of sp³-hybridized carbons (Fsp3) is 0.706. The normalized spacial score (nSPS) is 19.4. The topological polar surface area (TPSA) is 185 Å². The highest BCUT2D eigenvalue weighted by atomic mass is 16.4. The number of rotatable bonds is 10. The number of carboxylic acids is 1. The zero-order valence-electron chi connectivity index (χ0n) is 16.1. The van der Waals surface area contributed by atoms with Crippen LogP contribution < -0.4 is 22.1 Å². The van der Waals surface area contributed by atoms with Crippen LogP contribution in [-0.4, -0.2) is 70.8 Å². The number of nitrogens with one attached hydrogen (secondary N) is 2. The van der Waals surface area contributed by atoms with Gasteiger partial charge in [-0.3, -0.25) is 19.2 Å². The second-order valence-corrected chi connectivity index (χ2v) is 6.95. The number of aliphatic carboxylic acids is 1. The molecule has 0 aromatic heterocycles. The lowest BCUT2D eigenvalue weighted by Crippen LogP contribution is -2.56. The number of nitrogens with zero attached hydrogens (tertiary/aromatic N) is 1. The van der Waals surface area contributed by atoms with E-state index in [2.05, 4.69) is 10.6 Å². The fourth-order valence-electron chi connectivity index (χ4n) is 2.98. The van der Waals surface area contributed by atoms with Crippen LogP contribution in [-0.2, 0) is 24.0 Å². The van der Waals surface area contributed by atoms with Gasteiger partial charge in [-0.2, -0.15) is 0 Å². The van der Waals surface area contributed by atoms with Crippen molar-refractivity contribution >= 4 is 29.6 Å². The number of hydrogen-bond donors (Lipinski definition) is 5. The quantitative estimate of drug-likeness (QED) is 0.279. The summed E-state index contributed by atoms with van der Waals surface area (Å²) >= 11 is 0. The van der Waals surface area contributed by atoms with Crippen LogP contribution in [0, 0.1) is 5.92 Å². The number of primary amides is 1. The van der Waals surface area contributed by atoms with Gasteiger partial charge in [-0.1, -0.05) is 20.3 Å². The Morgan fingerprint density at radius 2 is 1.89 bits per heavy atom. The van der Waals surface area contributed by atoms with E-state index >= 15 is 0 Å². The highest BCUT2D eigenvalue weighted by molar-refractivity contribution is 5.93. The lowest BCUT2D eigenvalue weighted by molar-refractivity contribution is -0.150. The largest absolute Gasteiger partial charge is 0.480 e. The second-order valence-electron chi connectivity index (χ2n) is 6.95. The first kappa shape index (κ1) is 23.3. The van der Waals surface area contributed by atoms with Gasteiger partial charge in [0.05, 0.1) is 19.0 Å². The molecule has 0 aromatic rings. The van der Waals surface area contributed by atoms with E-state index in [4.69, 9.17) is 11.5 Å². The SMILES string of the molecule is CCC(C)C(NC(=O)CNC(=O)C(N)CC(N)=O)C(=O)N1CCCC1C(=O)O. The van der Waals surface area contributed by atoms with E-state index in [1.165, 1.54) is 4.90 Å². The molecule has 1 heterocycles. The third kappa shape index (κ3) is 6.48. The minimum absolute atomic E-state index is 0.237. The smallest absolute Gasteiger partial charge is 0.326 e. The van der Waals surface area contributed by atoms with Crippen LogP contribution in [0.3, 0.4) is 0 Å². The number of likely N-dealkylation sites (tertiary alicyclic amines) is 1. The average Bonchev–Trinajstić information content (AvgIpc) is 3.12. The predicted octanol–water partition coefficient (Wildman–Crippen LogP) is -2.09. The van der Waals surface area contributed by atoms with E-state index < -0.39 is 54.3 Å². The molecule has 7 N–H and O–H groups in total. The van der Waals surface area contributed by atoms with Gasteiger partial charge in [-0.15, -0.1) is 0 Å². The molecule has 1 rings (SSSR count). The van der Waals surface area contributed by atoms with Crippen LogP contribution in [0.1, 0.15) is 39.5 Å². The van der Waals surface area contributed by atoms with Crippen molar-refractivity contribution in [1.82, 2.24) is 15.5 Å².